The van der Waals surface area contributed by atoms with Crippen LogP contribution in [0.1, 0.15) is 23.6 Å². The van der Waals surface area contributed by atoms with Gasteiger partial charge in [0.15, 0.2) is 0 Å². The lowest BCUT2D eigenvalue weighted by Crippen LogP contribution is -2.27. The fourth-order valence-electron chi connectivity index (χ4n) is 2.39. The molecule has 0 spiro atoms. The zero-order chi connectivity index (χ0) is 12.4. The smallest absolute Gasteiger partial charge is 0.133 e. The minimum Gasteiger partial charge on any atom is -0.313 e. The summed E-state index contributed by atoms with van der Waals surface area (Å²) in [4.78, 5) is 0. The summed E-state index contributed by atoms with van der Waals surface area (Å²) >= 11 is 1.85. The van der Waals surface area contributed by atoms with Crippen LogP contribution in [-0.2, 0) is 0 Å². The maximum atomic E-state index is 14.1. The Morgan fingerprint density at radius 1 is 1.41 bits per heavy atom. The number of halogens is 2. The molecule has 4 heteroatoms. The number of benzene rings is 1. The molecule has 2 rings (SSSR count). The van der Waals surface area contributed by atoms with Crippen molar-refractivity contribution in [3.63, 3.8) is 0 Å². The summed E-state index contributed by atoms with van der Waals surface area (Å²) in [5.74, 6) is 1.53. The Kier molecular flexibility index (Phi) is 4.05. The third-order valence-corrected chi connectivity index (χ3v) is 4.57. The molecular weight excluding hydrogens is 240 g/mol. The molecule has 1 aromatic carbocycles. The molecule has 94 valence electrons. The molecule has 1 nitrogen and oxygen atoms in total. The number of hydrogen-bond donors (Lipinski definition) is 1. The maximum absolute atomic E-state index is 14.1. The van der Waals surface area contributed by atoms with Crippen LogP contribution in [0.15, 0.2) is 12.1 Å². The first-order valence-corrected chi connectivity index (χ1v) is 7.00. The molecule has 0 aromatic heterocycles. The SMILES string of the molecule is CNC(c1c(F)ccc(C)c1F)C1CCSC1. The predicted molar refractivity (Wildman–Crippen MR) is 68.3 cm³/mol. The van der Waals surface area contributed by atoms with Crippen molar-refractivity contribution in [1.29, 1.82) is 0 Å². The molecule has 0 radical (unpaired) electrons. The minimum atomic E-state index is -0.440. The van der Waals surface area contributed by atoms with Gasteiger partial charge in [0.05, 0.1) is 0 Å². The van der Waals surface area contributed by atoms with Gasteiger partial charge in [0.2, 0.25) is 0 Å². The van der Waals surface area contributed by atoms with Crippen molar-refractivity contribution < 1.29 is 8.78 Å². The molecular formula is C13H17F2NS. The van der Waals surface area contributed by atoms with Crippen molar-refractivity contribution >= 4 is 11.8 Å². The van der Waals surface area contributed by atoms with E-state index in [1.165, 1.54) is 12.1 Å². The quantitative estimate of drug-likeness (QED) is 0.891. The van der Waals surface area contributed by atoms with E-state index in [0.717, 1.165) is 17.9 Å². The van der Waals surface area contributed by atoms with E-state index in [4.69, 9.17) is 0 Å². The van der Waals surface area contributed by atoms with Crippen LogP contribution in [0, 0.1) is 24.5 Å². The molecule has 2 atom stereocenters. The zero-order valence-corrected chi connectivity index (χ0v) is 10.9. The topological polar surface area (TPSA) is 12.0 Å². The molecule has 1 fully saturated rings. The first-order chi connectivity index (χ1) is 8.15. The van der Waals surface area contributed by atoms with Gasteiger partial charge in [-0.25, -0.2) is 8.78 Å². The van der Waals surface area contributed by atoms with E-state index < -0.39 is 11.6 Å². The highest BCUT2D eigenvalue weighted by Crippen LogP contribution is 2.36. The summed E-state index contributed by atoms with van der Waals surface area (Å²) in [5.41, 5.74) is 0.715. The first kappa shape index (κ1) is 12.8. The first-order valence-electron chi connectivity index (χ1n) is 5.84. The van der Waals surface area contributed by atoms with E-state index in [0.29, 0.717) is 11.5 Å². The standard InChI is InChI=1S/C13H17F2NS/c1-8-3-4-10(14)11(12(8)15)13(16-2)9-5-6-17-7-9/h3-4,9,13,16H,5-7H2,1-2H3. The van der Waals surface area contributed by atoms with E-state index in [-0.39, 0.29) is 11.6 Å². The van der Waals surface area contributed by atoms with E-state index in [1.807, 2.05) is 11.8 Å². The van der Waals surface area contributed by atoms with Gasteiger partial charge >= 0.3 is 0 Å². The van der Waals surface area contributed by atoms with E-state index >= 15 is 0 Å². The summed E-state index contributed by atoms with van der Waals surface area (Å²) in [5, 5.41) is 3.08. The van der Waals surface area contributed by atoms with Gasteiger partial charge in [-0.15, -0.1) is 0 Å². The molecule has 1 aromatic rings. The van der Waals surface area contributed by atoms with Crippen LogP contribution in [-0.4, -0.2) is 18.6 Å². The van der Waals surface area contributed by atoms with Crippen molar-refractivity contribution in [3.05, 3.63) is 34.9 Å². The lowest BCUT2D eigenvalue weighted by atomic mass is 9.91. The Morgan fingerprint density at radius 2 is 2.18 bits per heavy atom. The molecule has 1 aliphatic rings. The summed E-state index contributed by atoms with van der Waals surface area (Å²) in [6.07, 6.45) is 1.02. The minimum absolute atomic E-state index is 0.208. The average Bonchev–Trinajstić information content (AvgIpc) is 2.83. The fourth-order valence-corrected chi connectivity index (χ4v) is 3.69. The second kappa shape index (κ2) is 5.36. The summed E-state index contributed by atoms with van der Waals surface area (Å²) in [7, 11) is 1.77. The van der Waals surface area contributed by atoms with Crippen LogP contribution >= 0.6 is 11.8 Å². The summed E-state index contributed by atoms with van der Waals surface area (Å²) in [6.45, 7) is 1.67. The van der Waals surface area contributed by atoms with E-state index in [9.17, 15) is 8.78 Å². The van der Waals surface area contributed by atoms with Crippen molar-refractivity contribution in [2.24, 2.45) is 5.92 Å². The molecule has 1 saturated heterocycles. The molecule has 1 N–H and O–H groups in total. The lowest BCUT2D eigenvalue weighted by molar-refractivity contribution is 0.386. The molecule has 0 saturated carbocycles. The number of hydrogen-bond acceptors (Lipinski definition) is 2. The van der Waals surface area contributed by atoms with Crippen LogP contribution in [0.5, 0.6) is 0 Å². The van der Waals surface area contributed by atoms with Gasteiger partial charge in [-0.3, -0.25) is 0 Å². The van der Waals surface area contributed by atoms with Gasteiger partial charge in [-0.05, 0) is 49.4 Å². The van der Waals surface area contributed by atoms with Crippen molar-refractivity contribution in [2.45, 2.75) is 19.4 Å². The van der Waals surface area contributed by atoms with E-state index in [2.05, 4.69) is 5.32 Å². The number of nitrogens with one attached hydrogen (secondary N) is 1. The molecule has 17 heavy (non-hydrogen) atoms. The van der Waals surface area contributed by atoms with Crippen molar-refractivity contribution in [1.82, 2.24) is 5.32 Å². The third-order valence-electron chi connectivity index (χ3n) is 3.38. The summed E-state index contributed by atoms with van der Waals surface area (Å²) < 4.78 is 27.9. The molecule has 2 unspecified atom stereocenters. The maximum Gasteiger partial charge on any atom is 0.133 e. The monoisotopic (exact) mass is 257 g/mol. The Morgan fingerprint density at radius 3 is 2.76 bits per heavy atom. The Bertz CT molecular complexity index is 403. The largest absolute Gasteiger partial charge is 0.313 e. The van der Waals surface area contributed by atoms with Crippen LogP contribution < -0.4 is 5.32 Å². The Balaban J connectivity index is 2.39. The highest BCUT2D eigenvalue weighted by atomic mass is 32.2. The van der Waals surface area contributed by atoms with Gasteiger partial charge < -0.3 is 5.32 Å². The molecule has 1 aliphatic heterocycles. The summed E-state index contributed by atoms with van der Waals surface area (Å²) in [6, 6.07) is 2.63. The zero-order valence-electron chi connectivity index (χ0n) is 10.1. The van der Waals surface area contributed by atoms with Crippen molar-refractivity contribution in [2.75, 3.05) is 18.6 Å². The van der Waals surface area contributed by atoms with Crippen LogP contribution in [0.3, 0.4) is 0 Å². The van der Waals surface area contributed by atoms with Gasteiger partial charge in [-0.2, -0.15) is 11.8 Å². The van der Waals surface area contributed by atoms with Gasteiger partial charge in [-0.1, -0.05) is 6.07 Å². The van der Waals surface area contributed by atoms with Gasteiger partial charge in [0.25, 0.3) is 0 Å². The van der Waals surface area contributed by atoms with Crippen LogP contribution in [0.2, 0.25) is 0 Å². The second-order valence-electron chi connectivity index (χ2n) is 4.48. The molecule has 0 aliphatic carbocycles. The Labute approximate surface area is 105 Å². The highest BCUT2D eigenvalue weighted by molar-refractivity contribution is 7.99. The average molecular weight is 257 g/mol. The number of rotatable bonds is 3. The highest BCUT2D eigenvalue weighted by Gasteiger charge is 2.30. The molecule has 0 bridgehead atoms. The second-order valence-corrected chi connectivity index (χ2v) is 5.63. The van der Waals surface area contributed by atoms with Gasteiger partial charge in [0.1, 0.15) is 11.6 Å². The molecule has 1 heterocycles. The normalized spacial score (nSPS) is 21.8. The lowest BCUT2D eigenvalue weighted by Gasteiger charge is -2.24. The predicted octanol–water partition coefficient (Wildman–Crippen LogP) is 3.29. The number of aryl methyl sites for hydroxylation is 1. The van der Waals surface area contributed by atoms with E-state index in [1.54, 1.807) is 14.0 Å². The fraction of sp³-hybridized carbons (Fsp3) is 0.538. The van der Waals surface area contributed by atoms with Gasteiger partial charge in [0, 0.05) is 11.6 Å². The Hall–Kier alpha value is -0.610. The van der Waals surface area contributed by atoms with Crippen LogP contribution in [0.25, 0.3) is 0 Å². The molecule has 0 amide bonds. The van der Waals surface area contributed by atoms with Crippen molar-refractivity contribution in [3.8, 4) is 0 Å². The number of thioether (sulfide) groups is 1. The third kappa shape index (κ3) is 2.47. The van der Waals surface area contributed by atoms with Crippen LogP contribution in [0.4, 0.5) is 8.78 Å².